The van der Waals surface area contributed by atoms with Crippen LogP contribution in [0.15, 0.2) is 86.0 Å². The van der Waals surface area contributed by atoms with E-state index in [4.69, 9.17) is 14.2 Å². The Morgan fingerprint density at radius 2 is 1.78 bits per heavy atom. The average Bonchev–Trinajstić information content (AvgIpc) is 3.80. The summed E-state index contributed by atoms with van der Waals surface area (Å²) < 4.78 is 17.9. The summed E-state index contributed by atoms with van der Waals surface area (Å²) in [7, 11) is 0. The molecule has 0 saturated carbocycles. The molecule has 0 radical (unpaired) electrons. The molecule has 2 N–H and O–H groups in total. The van der Waals surface area contributed by atoms with E-state index in [0.717, 1.165) is 24.2 Å². The van der Waals surface area contributed by atoms with Gasteiger partial charge >= 0.3 is 5.97 Å². The van der Waals surface area contributed by atoms with Crippen LogP contribution in [0, 0.1) is 11.8 Å². The summed E-state index contributed by atoms with van der Waals surface area (Å²) in [6.07, 6.45) is 3.86. The zero-order valence-electron chi connectivity index (χ0n) is 30.6. The van der Waals surface area contributed by atoms with E-state index in [1.807, 2.05) is 60.7 Å². The van der Waals surface area contributed by atoms with Crippen LogP contribution in [0.2, 0.25) is 0 Å². The van der Waals surface area contributed by atoms with E-state index in [0.29, 0.717) is 45.6 Å². The first-order chi connectivity index (χ1) is 26.2. The lowest BCUT2D eigenvalue weighted by atomic mass is 9.70. The minimum atomic E-state index is -1.34. The molecule has 4 fully saturated rings. The second kappa shape index (κ2) is 18.2. The van der Waals surface area contributed by atoms with E-state index < -0.39 is 66.1 Å². The van der Waals surface area contributed by atoms with Gasteiger partial charge in [0.05, 0.1) is 49.8 Å². The van der Waals surface area contributed by atoms with Crippen LogP contribution in [-0.4, -0.2) is 131 Å². The van der Waals surface area contributed by atoms with Gasteiger partial charge in [-0.1, -0.05) is 88.7 Å². The number of carbonyl (C=O) groups excluding carboxylic acids is 4. The molecule has 1 unspecified atom stereocenters. The number of benzene rings is 2. The number of hydrogen-bond donors (Lipinski definition) is 2. The molecule has 0 aliphatic carbocycles. The van der Waals surface area contributed by atoms with Gasteiger partial charge in [0.15, 0.2) is 0 Å². The molecular formula is C41H51BrN4O8. The highest BCUT2D eigenvalue weighted by molar-refractivity contribution is 9.09. The number of alkyl halides is 1. The predicted molar refractivity (Wildman–Crippen MR) is 205 cm³/mol. The van der Waals surface area contributed by atoms with Crippen LogP contribution in [0.5, 0.6) is 0 Å². The molecule has 2 aromatic carbocycles. The lowest BCUT2D eigenvalue weighted by molar-refractivity contribution is -0.151. The van der Waals surface area contributed by atoms with Crippen LogP contribution in [-0.2, 0) is 39.8 Å². The monoisotopic (exact) mass is 806 g/mol. The second-order valence-electron chi connectivity index (χ2n) is 14.4. The second-order valence-corrected chi connectivity index (χ2v) is 15.6. The summed E-state index contributed by atoms with van der Waals surface area (Å²) in [5.74, 6) is -3.51. The number of carbonyl (C=O) groups is 4. The van der Waals surface area contributed by atoms with Crippen LogP contribution in [0.1, 0.15) is 36.4 Å². The molecule has 2 aromatic rings. The highest BCUT2D eigenvalue weighted by atomic mass is 79.9. The van der Waals surface area contributed by atoms with E-state index in [1.54, 1.807) is 17.1 Å². The first kappa shape index (κ1) is 39.8. The van der Waals surface area contributed by atoms with Crippen molar-refractivity contribution in [2.45, 2.75) is 60.3 Å². The lowest BCUT2D eigenvalue weighted by Gasteiger charge is -2.40. The summed E-state index contributed by atoms with van der Waals surface area (Å²) in [5, 5.41) is 14.0. The smallest absolute Gasteiger partial charge is 0.306 e. The Labute approximate surface area is 325 Å². The van der Waals surface area contributed by atoms with Crippen molar-refractivity contribution < 1.29 is 38.5 Å². The molecule has 3 amide bonds. The molecule has 4 aliphatic heterocycles. The van der Waals surface area contributed by atoms with Gasteiger partial charge in [0, 0.05) is 44.0 Å². The van der Waals surface area contributed by atoms with Crippen molar-refractivity contribution in [3.05, 3.63) is 97.1 Å². The average molecular weight is 808 g/mol. The molecule has 8 atom stereocenters. The Kier molecular flexibility index (Phi) is 13.4. The van der Waals surface area contributed by atoms with Gasteiger partial charge in [-0.15, -0.1) is 13.2 Å². The number of aliphatic hydroxyl groups is 1. The Morgan fingerprint density at radius 3 is 2.44 bits per heavy atom. The van der Waals surface area contributed by atoms with Crippen molar-refractivity contribution in [2.24, 2.45) is 11.8 Å². The quantitative estimate of drug-likeness (QED) is 0.132. The Bertz CT molecular complexity index is 1640. The van der Waals surface area contributed by atoms with Gasteiger partial charge in [0.2, 0.25) is 17.7 Å². The SMILES string of the molecule is C=CCCC(=O)OC[C@@H](NC(=O)[C@@H]1[C@H]2O[C@@]3(CC2Br)[C@H](C(=O)N(CC=C)CCN2CCOCC2)N([C@@H](CO)Cc2ccccc2)C(=O)[C@@H]13)c1ccccc1. The molecule has 13 heteroatoms. The molecule has 0 aromatic heterocycles. The summed E-state index contributed by atoms with van der Waals surface area (Å²) in [6.45, 7) is 11.1. The van der Waals surface area contributed by atoms with Crippen molar-refractivity contribution in [2.75, 3.05) is 59.2 Å². The number of allylic oxidation sites excluding steroid dienone is 1. The number of nitrogens with one attached hydrogen (secondary N) is 1. The minimum absolute atomic E-state index is 0.109. The maximum Gasteiger partial charge on any atom is 0.306 e. The van der Waals surface area contributed by atoms with Gasteiger partial charge < -0.3 is 34.4 Å². The third-order valence-corrected chi connectivity index (χ3v) is 12.0. The Hall–Kier alpha value is -3.88. The van der Waals surface area contributed by atoms with Gasteiger partial charge in [-0.3, -0.25) is 24.1 Å². The lowest BCUT2D eigenvalue weighted by Crippen LogP contribution is -2.60. The van der Waals surface area contributed by atoms with Crippen molar-refractivity contribution in [3.63, 3.8) is 0 Å². The molecule has 54 heavy (non-hydrogen) atoms. The maximum absolute atomic E-state index is 15.0. The third kappa shape index (κ3) is 8.35. The molecule has 290 valence electrons. The number of nitrogens with zero attached hydrogens (tertiary/aromatic N) is 3. The fourth-order valence-electron chi connectivity index (χ4n) is 8.53. The minimum Gasteiger partial charge on any atom is -0.463 e. The summed E-state index contributed by atoms with van der Waals surface area (Å²) in [4.78, 5) is 62.2. The predicted octanol–water partition coefficient (Wildman–Crippen LogP) is 3.05. The highest BCUT2D eigenvalue weighted by Crippen LogP contribution is 2.60. The van der Waals surface area contributed by atoms with E-state index in [1.165, 1.54) is 4.90 Å². The van der Waals surface area contributed by atoms with Crippen molar-refractivity contribution >= 4 is 39.6 Å². The van der Waals surface area contributed by atoms with Gasteiger partial charge in [-0.05, 0) is 30.4 Å². The fourth-order valence-corrected chi connectivity index (χ4v) is 9.47. The number of halogens is 1. The normalized spacial score (nSPS) is 27.2. The van der Waals surface area contributed by atoms with Crippen molar-refractivity contribution in [1.29, 1.82) is 0 Å². The summed E-state index contributed by atoms with van der Waals surface area (Å²) in [5.41, 5.74) is 0.288. The molecule has 4 saturated heterocycles. The topological polar surface area (TPSA) is 138 Å². The number of morpholine rings is 1. The van der Waals surface area contributed by atoms with E-state index in [-0.39, 0.29) is 30.3 Å². The largest absolute Gasteiger partial charge is 0.463 e. The molecular weight excluding hydrogens is 756 g/mol. The van der Waals surface area contributed by atoms with Crippen LogP contribution >= 0.6 is 15.9 Å². The summed E-state index contributed by atoms with van der Waals surface area (Å²) >= 11 is 3.77. The number of esters is 1. The van der Waals surface area contributed by atoms with Crippen molar-refractivity contribution in [3.8, 4) is 0 Å². The van der Waals surface area contributed by atoms with E-state index in [9.17, 15) is 14.7 Å². The van der Waals surface area contributed by atoms with Gasteiger partial charge in [-0.2, -0.15) is 0 Å². The van der Waals surface area contributed by atoms with Gasteiger partial charge in [-0.25, -0.2) is 0 Å². The fraction of sp³-hybridized carbons (Fsp3) is 0.512. The van der Waals surface area contributed by atoms with Crippen LogP contribution in [0.3, 0.4) is 0 Å². The Balaban J connectivity index is 1.33. The standard InChI is InChI=1S/C41H51BrN4O8/c1-3-5-16-33(48)53-27-32(29-14-10-7-11-15-29)43-38(49)34-35-39(50)46(30(26-47)24-28-12-8-6-9-13-28)37(41(35)25-31(42)36(34)54-41)40(51)45(17-4-2)19-18-44-20-22-52-23-21-44/h3-4,6-15,30-32,34-37,47H,1-2,5,16-27H2,(H,43,49)/t30-,31?,32-,34+,35-,36+,37+,41-/m1/s1. The first-order valence-electron chi connectivity index (χ1n) is 18.8. The van der Waals surface area contributed by atoms with Crippen molar-refractivity contribution in [1.82, 2.24) is 20.0 Å². The molecule has 12 nitrogen and oxygen atoms in total. The molecule has 4 aliphatic rings. The number of rotatable bonds is 18. The Morgan fingerprint density at radius 1 is 1.07 bits per heavy atom. The van der Waals surface area contributed by atoms with Gasteiger partial charge in [0.1, 0.15) is 18.2 Å². The zero-order valence-corrected chi connectivity index (χ0v) is 32.2. The molecule has 4 heterocycles. The van der Waals surface area contributed by atoms with E-state index in [2.05, 4.69) is 39.3 Å². The molecule has 1 spiro atoms. The number of fused-ring (bicyclic) bond motifs is 1. The van der Waals surface area contributed by atoms with E-state index >= 15 is 9.59 Å². The van der Waals surface area contributed by atoms with Crippen LogP contribution < -0.4 is 5.32 Å². The molecule has 2 bridgehead atoms. The number of amides is 3. The third-order valence-electron chi connectivity index (χ3n) is 11.1. The van der Waals surface area contributed by atoms with Crippen LogP contribution in [0.25, 0.3) is 0 Å². The number of hydrogen-bond acceptors (Lipinski definition) is 9. The maximum atomic E-state index is 15.0. The highest BCUT2D eigenvalue weighted by Gasteiger charge is 2.77. The number of ether oxygens (including phenoxy) is 3. The van der Waals surface area contributed by atoms with Gasteiger partial charge in [0.25, 0.3) is 0 Å². The zero-order chi connectivity index (χ0) is 38.2. The molecule has 6 rings (SSSR count). The first-order valence-corrected chi connectivity index (χ1v) is 19.7. The summed E-state index contributed by atoms with van der Waals surface area (Å²) in [6, 6.07) is 16.2. The number of likely N-dealkylation sites (tertiary alicyclic amines) is 1. The van der Waals surface area contributed by atoms with Crippen LogP contribution in [0.4, 0.5) is 0 Å². The number of aliphatic hydroxyl groups excluding tert-OH is 1.